The molecule has 0 aliphatic rings. The van der Waals surface area contributed by atoms with Crippen LogP contribution in [0.3, 0.4) is 0 Å². The highest BCUT2D eigenvalue weighted by Crippen LogP contribution is 2.21. The van der Waals surface area contributed by atoms with Crippen LogP contribution in [0.25, 0.3) is 0 Å². The van der Waals surface area contributed by atoms with Crippen molar-refractivity contribution in [2.24, 2.45) is 12.0 Å². The number of halogens is 1. The summed E-state index contributed by atoms with van der Waals surface area (Å²) in [6.07, 6.45) is 2.75. The molecule has 0 saturated heterocycles. The third kappa shape index (κ3) is 8.27. The highest BCUT2D eigenvalue weighted by Gasteiger charge is 2.14. The Morgan fingerprint density at radius 1 is 1.12 bits per heavy atom. The van der Waals surface area contributed by atoms with E-state index in [4.69, 9.17) is 14.5 Å². The average molecular weight is 558 g/mol. The van der Waals surface area contributed by atoms with Crippen molar-refractivity contribution >= 4 is 29.9 Å². The van der Waals surface area contributed by atoms with Crippen LogP contribution in [0, 0.1) is 6.92 Å². The number of aromatic nitrogens is 2. The molecule has 0 unspecified atom stereocenters. The molecular weight excluding hydrogens is 517 g/mol. The third-order valence-corrected chi connectivity index (χ3v) is 5.19. The van der Waals surface area contributed by atoms with Gasteiger partial charge in [-0.15, -0.1) is 24.0 Å². The first kappa shape index (κ1) is 28.2. The fourth-order valence-electron chi connectivity index (χ4n) is 3.58. The molecule has 180 valence electrons. The lowest BCUT2D eigenvalue weighted by molar-refractivity contribution is 0.172. The standard InChI is InChI=1S/C24H39N5O2.HI/c1-7-21-20(22(8-2)29(5)28-21)17-27-24(25-9-3)26-16-19-12-11-18(4)15-23(19)31-14-10-13-30-6;/h11-12,15H,7-10,13-14,16-17H2,1-6H3,(H2,25,26,27);1H. The second-order valence-electron chi connectivity index (χ2n) is 7.56. The zero-order valence-electron chi connectivity index (χ0n) is 20.5. The molecule has 0 spiro atoms. The summed E-state index contributed by atoms with van der Waals surface area (Å²) in [5, 5.41) is 11.5. The number of aryl methyl sites for hydroxylation is 3. The number of methoxy groups -OCH3 is 1. The van der Waals surface area contributed by atoms with Gasteiger partial charge in [-0.3, -0.25) is 4.68 Å². The number of benzene rings is 1. The Kier molecular flexibility index (Phi) is 13.3. The van der Waals surface area contributed by atoms with Gasteiger partial charge in [0.25, 0.3) is 0 Å². The predicted octanol–water partition coefficient (Wildman–Crippen LogP) is 4.14. The lowest BCUT2D eigenvalue weighted by atomic mass is 10.1. The summed E-state index contributed by atoms with van der Waals surface area (Å²) in [5.74, 6) is 1.69. The van der Waals surface area contributed by atoms with E-state index in [1.807, 2.05) is 11.7 Å². The average Bonchev–Trinajstić information content (AvgIpc) is 3.08. The largest absolute Gasteiger partial charge is 0.493 e. The molecule has 2 aromatic rings. The van der Waals surface area contributed by atoms with E-state index in [2.05, 4.69) is 61.6 Å². The second-order valence-corrected chi connectivity index (χ2v) is 7.56. The number of guanidine groups is 1. The second kappa shape index (κ2) is 15.1. The Labute approximate surface area is 210 Å². The molecule has 1 aromatic carbocycles. The van der Waals surface area contributed by atoms with Gasteiger partial charge in [0.1, 0.15) is 5.75 Å². The molecule has 0 fully saturated rings. The lowest BCUT2D eigenvalue weighted by Crippen LogP contribution is -2.37. The molecule has 2 rings (SSSR count). The fourth-order valence-corrected chi connectivity index (χ4v) is 3.58. The third-order valence-electron chi connectivity index (χ3n) is 5.19. The normalized spacial score (nSPS) is 11.2. The van der Waals surface area contributed by atoms with Gasteiger partial charge in [0, 0.05) is 57.1 Å². The molecule has 32 heavy (non-hydrogen) atoms. The molecule has 0 aliphatic heterocycles. The van der Waals surface area contributed by atoms with Crippen LogP contribution in [0.5, 0.6) is 5.75 Å². The Bertz CT molecular complexity index is 851. The number of aliphatic imine (C=N–C) groups is 1. The molecule has 7 nitrogen and oxygen atoms in total. The molecule has 0 aliphatic carbocycles. The van der Waals surface area contributed by atoms with E-state index in [0.717, 1.165) is 48.8 Å². The molecule has 0 bridgehead atoms. The van der Waals surface area contributed by atoms with Crippen LogP contribution in [0.1, 0.15) is 55.3 Å². The highest BCUT2D eigenvalue weighted by molar-refractivity contribution is 14.0. The summed E-state index contributed by atoms with van der Waals surface area (Å²) in [6.45, 7) is 11.9. The molecule has 0 radical (unpaired) electrons. The summed E-state index contributed by atoms with van der Waals surface area (Å²) < 4.78 is 13.1. The van der Waals surface area contributed by atoms with Crippen molar-refractivity contribution in [3.05, 3.63) is 46.3 Å². The van der Waals surface area contributed by atoms with Crippen LogP contribution in [0.4, 0.5) is 0 Å². The number of hydrogen-bond donors (Lipinski definition) is 2. The Morgan fingerprint density at radius 3 is 2.56 bits per heavy atom. The van der Waals surface area contributed by atoms with Gasteiger partial charge in [-0.25, -0.2) is 4.99 Å². The SMILES string of the molecule is CCNC(=NCc1ccc(C)cc1OCCCOC)NCc1c(CC)nn(C)c1CC.I. The zero-order valence-corrected chi connectivity index (χ0v) is 22.8. The van der Waals surface area contributed by atoms with Crippen LogP contribution in [-0.2, 0) is 37.7 Å². The van der Waals surface area contributed by atoms with Gasteiger partial charge in [0.15, 0.2) is 5.96 Å². The van der Waals surface area contributed by atoms with Gasteiger partial charge in [-0.2, -0.15) is 5.10 Å². The first-order valence-electron chi connectivity index (χ1n) is 11.3. The van der Waals surface area contributed by atoms with Crippen LogP contribution in [0.2, 0.25) is 0 Å². The maximum absolute atomic E-state index is 6.00. The van der Waals surface area contributed by atoms with Crippen LogP contribution >= 0.6 is 24.0 Å². The van der Waals surface area contributed by atoms with Crippen molar-refractivity contribution in [3.63, 3.8) is 0 Å². The number of hydrogen-bond acceptors (Lipinski definition) is 4. The smallest absolute Gasteiger partial charge is 0.191 e. The molecule has 0 atom stereocenters. The number of nitrogens with zero attached hydrogens (tertiary/aromatic N) is 3. The van der Waals surface area contributed by atoms with Crippen molar-refractivity contribution in [1.29, 1.82) is 0 Å². The monoisotopic (exact) mass is 557 g/mol. The van der Waals surface area contributed by atoms with Gasteiger partial charge in [0.2, 0.25) is 0 Å². The Balaban J connectivity index is 0.00000512. The Morgan fingerprint density at radius 2 is 1.91 bits per heavy atom. The first-order chi connectivity index (χ1) is 15.0. The maximum atomic E-state index is 6.00. The summed E-state index contributed by atoms with van der Waals surface area (Å²) in [6, 6.07) is 6.28. The van der Waals surface area contributed by atoms with Gasteiger partial charge in [-0.1, -0.05) is 26.0 Å². The van der Waals surface area contributed by atoms with Gasteiger partial charge >= 0.3 is 0 Å². The van der Waals surface area contributed by atoms with Crippen molar-refractivity contribution in [1.82, 2.24) is 20.4 Å². The summed E-state index contributed by atoms with van der Waals surface area (Å²) in [5.41, 5.74) is 5.94. The number of nitrogens with one attached hydrogen (secondary N) is 2. The van der Waals surface area contributed by atoms with Crippen LogP contribution in [-0.4, -0.2) is 42.6 Å². The van der Waals surface area contributed by atoms with E-state index in [0.29, 0.717) is 26.3 Å². The van der Waals surface area contributed by atoms with E-state index in [-0.39, 0.29) is 24.0 Å². The summed E-state index contributed by atoms with van der Waals surface area (Å²) in [4.78, 5) is 4.81. The number of ether oxygens (including phenoxy) is 2. The topological polar surface area (TPSA) is 72.7 Å². The molecule has 0 amide bonds. The van der Waals surface area contributed by atoms with Crippen LogP contribution < -0.4 is 15.4 Å². The Hall–Kier alpha value is -1.81. The molecule has 8 heteroatoms. The van der Waals surface area contributed by atoms with Crippen molar-refractivity contribution in [2.75, 3.05) is 26.9 Å². The van der Waals surface area contributed by atoms with E-state index in [1.165, 1.54) is 16.8 Å². The molecule has 0 saturated carbocycles. The van der Waals surface area contributed by atoms with Crippen molar-refractivity contribution in [3.8, 4) is 5.75 Å². The van der Waals surface area contributed by atoms with E-state index in [9.17, 15) is 0 Å². The van der Waals surface area contributed by atoms with Gasteiger partial charge in [-0.05, 0) is 38.3 Å². The number of rotatable bonds is 12. The maximum Gasteiger partial charge on any atom is 0.191 e. The predicted molar refractivity (Wildman–Crippen MR) is 142 cm³/mol. The molecule has 1 aromatic heterocycles. The van der Waals surface area contributed by atoms with Crippen LogP contribution in [0.15, 0.2) is 23.2 Å². The quantitative estimate of drug-likeness (QED) is 0.178. The molecular formula is C24H40IN5O2. The fraction of sp³-hybridized carbons (Fsp3) is 0.583. The molecule has 2 N–H and O–H groups in total. The summed E-state index contributed by atoms with van der Waals surface area (Å²) >= 11 is 0. The van der Waals surface area contributed by atoms with E-state index < -0.39 is 0 Å². The zero-order chi connectivity index (χ0) is 22.6. The lowest BCUT2D eigenvalue weighted by Gasteiger charge is -2.14. The summed E-state index contributed by atoms with van der Waals surface area (Å²) in [7, 11) is 3.73. The van der Waals surface area contributed by atoms with Gasteiger partial charge in [0.05, 0.1) is 18.8 Å². The van der Waals surface area contributed by atoms with Gasteiger partial charge < -0.3 is 20.1 Å². The highest BCUT2D eigenvalue weighted by atomic mass is 127. The first-order valence-corrected chi connectivity index (χ1v) is 11.3. The minimum Gasteiger partial charge on any atom is -0.493 e. The van der Waals surface area contributed by atoms with E-state index in [1.54, 1.807) is 7.11 Å². The minimum absolute atomic E-state index is 0. The van der Waals surface area contributed by atoms with Crippen molar-refractivity contribution < 1.29 is 9.47 Å². The molecule has 1 heterocycles. The van der Waals surface area contributed by atoms with Crippen molar-refractivity contribution in [2.45, 2.75) is 60.0 Å². The minimum atomic E-state index is 0. The van der Waals surface area contributed by atoms with E-state index >= 15 is 0 Å².